The highest BCUT2D eigenvalue weighted by Gasteiger charge is 2.27. The number of nitrogens with zero attached hydrogens (tertiary/aromatic N) is 2. The molecule has 1 aromatic carbocycles. The fourth-order valence-corrected chi connectivity index (χ4v) is 3.02. The highest BCUT2D eigenvalue weighted by molar-refractivity contribution is 6.31. The number of halogens is 2. The largest absolute Gasteiger partial charge is 0.334 e. The Morgan fingerprint density at radius 3 is 3.04 bits per heavy atom. The van der Waals surface area contributed by atoms with Crippen LogP contribution in [0.4, 0.5) is 9.18 Å². The lowest BCUT2D eigenvalue weighted by molar-refractivity contribution is 0.208. The molecular weight excluding hydrogens is 317 g/mol. The van der Waals surface area contributed by atoms with Gasteiger partial charge >= 0.3 is 6.03 Å². The van der Waals surface area contributed by atoms with E-state index in [0.29, 0.717) is 29.6 Å². The number of carbonyl (C=O) groups is 1. The summed E-state index contributed by atoms with van der Waals surface area (Å²) in [6.07, 6.45) is 4.52. The van der Waals surface area contributed by atoms with E-state index in [1.54, 1.807) is 17.2 Å². The number of aromatic nitrogens is 1. The van der Waals surface area contributed by atoms with E-state index in [9.17, 15) is 9.18 Å². The van der Waals surface area contributed by atoms with E-state index in [1.165, 1.54) is 12.1 Å². The van der Waals surface area contributed by atoms with Gasteiger partial charge in [0.15, 0.2) is 0 Å². The molecule has 0 spiro atoms. The quantitative estimate of drug-likeness (QED) is 0.933. The van der Waals surface area contributed by atoms with Gasteiger partial charge in [-0.15, -0.1) is 0 Å². The maximum absolute atomic E-state index is 13.0. The number of likely N-dealkylation sites (tertiary alicyclic amines) is 1. The van der Waals surface area contributed by atoms with Gasteiger partial charge in [-0.2, -0.15) is 0 Å². The van der Waals surface area contributed by atoms with E-state index < -0.39 is 0 Å². The molecule has 1 aliphatic heterocycles. The van der Waals surface area contributed by atoms with Gasteiger partial charge in [-0.25, -0.2) is 9.18 Å². The van der Waals surface area contributed by atoms with Crippen LogP contribution in [0.1, 0.15) is 23.5 Å². The van der Waals surface area contributed by atoms with Crippen molar-refractivity contribution in [1.82, 2.24) is 15.2 Å². The number of hydrogen-bond acceptors (Lipinski definition) is 2. The Hall–Kier alpha value is -2.14. The lowest BCUT2D eigenvalue weighted by Gasteiger charge is -2.18. The van der Waals surface area contributed by atoms with Gasteiger partial charge in [0.2, 0.25) is 0 Å². The van der Waals surface area contributed by atoms with E-state index in [-0.39, 0.29) is 18.4 Å². The van der Waals surface area contributed by atoms with E-state index in [0.717, 1.165) is 12.0 Å². The van der Waals surface area contributed by atoms with Crippen molar-refractivity contribution in [1.29, 1.82) is 0 Å². The number of rotatable bonds is 3. The van der Waals surface area contributed by atoms with Gasteiger partial charge in [-0.05, 0) is 35.7 Å². The summed E-state index contributed by atoms with van der Waals surface area (Å²) in [6.45, 7) is 1.67. The number of carbonyl (C=O) groups excluding carboxylic acids is 1. The highest BCUT2D eigenvalue weighted by Crippen LogP contribution is 2.26. The monoisotopic (exact) mass is 333 g/mol. The second-order valence-corrected chi connectivity index (χ2v) is 6.02. The van der Waals surface area contributed by atoms with Crippen LogP contribution < -0.4 is 5.32 Å². The number of benzene rings is 1. The van der Waals surface area contributed by atoms with E-state index in [1.807, 2.05) is 18.3 Å². The molecule has 120 valence electrons. The first-order valence-corrected chi connectivity index (χ1v) is 7.88. The fraction of sp³-hybridized carbons (Fsp3) is 0.294. The number of urea groups is 1. The van der Waals surface area contributed by atoms with Gasteiger partial charge in [0.05, 0.1) is 0 Å². The molecule has 3 rings (SSSR count). The minimum absolute atomic E-state index is 0.128. The number of hydrogen-bond donors (Lipinski definition) is 1. The van der Waals surface area contributed by atoms with Gasteiger partial charge in [0.25, 0.3) is 0 Å². The summed E-state index contributed by atoms with van der Waals surface area (Å²) in [5, 5.41) is 3.16. The molecule has 0 bridgehead atoms. The molecule has 0 saturated carbocycles. The van der Waals surface area contributed by atoms with Crippen molar-refractivity contribution in [2.45, 2.75) is 18.9 Å². The molecule has 0 aliphatic carbocycles. The van der Waals surface area contributed by atoms with E-state index in [2.05, 4.69) is 10.3 Å². The van der Waals surface area contributed by atoms with Gasteiger partial charge in [0, 0.05) is 43.0 Å². The summed E-state index contributed by atoms with van der Waals surface area (Å²) in [6, 6.07) is 7.99. The Balaban J connectivity index is 1.55. The van der Waals surface area contributed by atoms with Crippen LogP contribution in [0.15, 0.2) is 42.7 Å². The summed E-state index contributed by atoms with van der Waals surface area (Å²) in [5.74, 6) is -0.0622. The van der Waals surface area contributed by atoms with Crippen LogP contribution in [0.2, 0.25) is 5.02 Å². The van der Waals surface area contributed by atoms with Crippen LogP contribution in [0.25, 0.3) is 0 Å². The van der Waals surface area contributed by atoms with Gasteiger partial charge in [0.1, 0.15) is 5.82 Å². The van der Waals surface area contributed by atoms with Crippen molar-refractivity contribution in [2.75, 3.05) is 13.1 Å². The van der Waals surface area contributed by atoms with Crippen molar-refractivity contribution in [2.24, 2.45) is 0 Å². The molecular formula is C17H17ClFN3O. The van der Waals surface area contributed by atoms with E-state index in [4.69, 9.17) is 11.6 Å². The molecule has 23 heavy (non-hydrogen) atoms. The normalized spacial score (nSPS) is 17.3. The third-order valence-corrected chi connectivity index (χ3v) is 4.43. The van der Waals surface area contributed by atoms with Gasteiger partial charge in [-0.3, -0.25) is 4.98 Å². The standard InChI is InChI=1S/C17H17ClFN3O/c18-16-8-15(19)4-3-13(16)10-21-17(23)22-7-5-14(11-22)12-2-1-6-20-9-12/h1-4,6,8-9,14H,5,7,10-11H2,(H,21,23). The van der Waals surface area contributed by atoms with Crippen molar-refractivity contribution in [3.05, 3.63) is 64.7 Å². The van der Waals surface area contributed by atoms with E-state index >= 15 is 0 Å². The maximum atomic E-state index is 13.0. The summed E-state index contributed by atoms with van der Waals surface area (Å²) in [7, 11) is 0. The Kier molecular flexibility index (Phi) is 4.76. The van der Waals surface area contributed by atoms with Crippen LogP contribution in [-0.2, 0) is 6.54 Å². The summed E-state index contributed by atoms with van der Waals surface area (Å²) in [4.78, 5) is 18.2. The highest BCUT2D eigenvalue weighted by atomic mass is 35.5. The summed E-state index contributed by atoms with van der Waals surface area (Å²) < 4.78 is 13.0. The molecule has 1 aliphatic rings. The van der Waals surface area contributed by atoms with Gasteiger partial charge < -0.3 is 10.2 Å². The van der Waals surface area contributed by atoms with Crippen LogP contribution >= 0.6 is 11.6 Å². The van der Waals surface area contributed by atoms with Crippen molar-refractivity contribution < 1.29 is 9.18 Å². The minimum Gasteiger partial charge on any atom is -0.334 e. The first kappa shape index (κ1) is 15.7. The van der Waals surface area contributed by atoms with Gasteiger partial charge in [-0.1, -0.05) is 23.7 Å². The second kappa shape index (κ2) is 6.96. The fourth-order valence-electron chi connectivity index (χ4n) is 2.78. The molecule has 4 nitrogen and oxygen atoms in total. The molecule has 1 saturated heterocycles. The first-order valence-electron chi connectivity index (χ1n) is 7.50. The Morgan fingerprint density at radius 1 is 1.43 bits per heavy atom. The minimum atomic E-state index is -0.385. The lowest BCUT2D eigenvalue weighted by Crippen LogP contribution is -2.38. The van der Waals surface area contributed by atoms with Crippen molar-refractivity contribution >= 4 is 17.6 Å². The molecule has 1 atom stereocenters. The zero-order valence-electron chi connectivity index (χ0n) is 12.5. The molecule has 1 N–H and O–H groups in total. The molecule has 6 heteroatoms. The second-order valence-electron chi connectivity index (χ2n) is 5.61. The molecule has 1 unspecified atom stereocenters. The SMILES string of the molecule is O=C(NCc1ccc(F)cc1Cl)N1CCC(c2cccnc2)C1. The average molecular weight is 334 g/mol. The molecule has 2 aromatic rings. The topological polar surface area (TPSA) is 45.2 Å². The van der Waals surface area contributed by atoms with Crippen LogP contribution in [0, 0.1) is 5.82 Å². The number of nitrogens with one attached hydrogen (secondary N) is 1. The van der Waals surface area contributed by atoms with Crippen LogP contribution in [0.5, 0.6) is 0 Å². The summed E-state index contributed by atoms with van der Waals surface area (Å²) >= 11 is 5.96. The molecule has 0 radical (unpaired) electrons. The Labute approximate surface area is 139 Å². The average Bonchev–Trinajstić information content (AvgIpc) is 3.05. The Morgan fingerprint density at radius 2 is 2.30 bits per heavy atom. The third kappa shape index (κ3) is 3.79. The zero-order chi connectivity index (χ0) is 16.2. The third-order valence-electron chi connectivity index (χ3n) is 4.08. The number of amides is 2. The number of pyridine rings is 1. The Bertz CT molecular complexity index is 695. The predicted octanol–water partition coefficient (Wildman–Crippen LogP) is 3.57. The molecule has 2 amide bonds. The first-order chi connectivity index (χ1) is 11.1. The molecule has 2 heterocycles. The zero-order valence-corrected chi connectivity index (χ0v) is 13.3. The van der Waals surface area contributed by atoms with Crippen molar-refractivity contribution in [3.8, 4) is 0 Å². The predicted molar refractivity (Wildman–Crippen MR) is 86.8 cm³/mol. The maximum Gasteiger partial charge on any atom is 0.317 e. The smallest absolute Gasteiger partial charge is 0.317 e. The summed E-state index contributed by atoms with van der Waals surface area (Å²) in [5.41, 5.74) is 1.86. The van der Waals surface area contributed by atoms with Crippen molar-refractivity contribution in [3.63, 3.8) is 0 Å². The lowest BCUT2D eigenvalue weighted by atomic mass is 10.0. The molecule has 1 fully saturated rings. The van der Waals surface area contributed by atoms with Crippen LogP contribution in [-0.4, -0.2) is 29.0 Å². The van der Waals surface area contributed by atoms with Crippen LogP contribution in [0.3, 0.4) is 0 Å². The molecule has 1 aromatic heterocycles.